The molecule has 1 saturated heterocycles. The molecule has 0 amide bonds. The molecule has 1 aromatic rings. The molecule has 0 spiro atoms. The molecule has 1 aromatic carbocycles. The summed E-state index contributed by atoms with van der Waals surface area (Å²) < 4.78 is 38.5. The molecule has 0 radical (unpaired) electrons. The van der Waals surface area contributed by atoms with Gasteiger partial charge in [-0.2, -0.15) is 13.2 Å². The molecule has 2 rings (SSSR count). The fraction of sp³-hybridized carbons (Fsp3) is 0.500. The second-order valence-electron chi connectivity index (χ2n) is 4.88. The Balaban J connectivity index is 2.25. The van der Waals surface area contributed by atoms with Crippen molar-refractivity contribution in [3.63, 3.8) is 0 Å². The zero-order valence-corrected chi connectivity index (χ0v) is 10.8. The molecule has 1 heterocycles. The van der Waals surface area contributed by atoms with Crippen LogP contribution in [0.15, 0.2) is 18.2 Å². The highest BCUT2D eigenvalue weighted by Gasteiger charge is 2.38. The zero-order valence-electron chi connectivity index (χ0n) is 10.8. The molecule has 0 bridgehead atoms. The Hall–Kier alpha value is -1.83. The second-order valence-corrected chi connectivity index (χ2v) is 4.88. The van der Waals surface area contributed by atoms with Gasteiger partial charge in [0.15, 0.2) is 0 Å². The fourth-order valence-electron chi connectivity index (χ4n) is 2.30. The van der Waals surface area contributed by atoms with E-state index >= 15 is 0 Å². The Morgan fingerprint density at radius 3 is 2.65 bits per heavy atom. The maximum atomic E-state index is 12.8. The Labute approximate surface area is 113 Å². The number of nitrogens with one attached hydrogen (secondary N) is 1. The minimum absolute atomic E-state index is 0.0579. The number of benzene rings is 1. The maximum absolute atomic E-state index is 12.8. The molecule has 0 saturated carbocycles. The van der Waals surface area contributed by atoms with Gasteiger partial charge in [0.25, 0.3) is 5.69 Å². The number of hydrogen-bond acceptors (Lipinski definition) is 4. The molecule has 0 aliphatic carbocycles. The quantitative estimate of drug-likeness (QED) is 0.686. The van der Waals surface area contributed by atoms with Crippen LogP contribution in [-0.2, 0) is 6.18 Å². The van der Waals surface area contributed by atoms with E-state index in [-0.39, 0.29) is 11.7 Å². The third-order valence-corrected chi connectivity index (χ3v) is 3.26. The van der Waals surface area contributed by atoms with E-state index in [2.05, 4.69) is 10.2 Å². The van der Waals surface area contributed by atoms with Gasteiger partial charge in [-0.05, 0) is 32.1 Å². The van der Waals surface area contributed by atoms with Crippen LogP contribution in [0.5, 0.6) is 0 Å². The number of anilines is 1. The minimum Gasteiger partial charge on any atom is -0.381 e. The highest BCUT2D eigenvalue weighted by molar-refractivity contribution is 5.55. The summed E-state index contributed by atoms with van der Waals surface area (Å²) in [4.78, 5) is 11.7. The zero-order chi connectivity index (χ0) is 14.9. The van der Waals surface area contributed by atoms with Crippen LogP contribution >= 0.6 is 0 Å². The topological polar surface area (TPSA) is 58.4 Å². The van der Waals surface area contributed by atoms with E-state index in [9.17, 15) is 23.3 Å². The molecule has 0 aromatic heterocycles. The lowest BCUT2D eigenvalue weighted by Crippen LogP contribution is -2.23. The van der Waals surface area contributed by atoms with E-state index in [1.165, 1.54) is 6.07 Å². The summed E-state index contributed by atoms with van der Waals surface area (Å²) in [6, 6.07) is 3.06. The SMILES string of the molecule is CN1CCC(Nc2ccc([N+](=O)[O-])c(C(F)(F)F)c2)C1. The molecule has 1 N–H and O–H groups in total. The largest absolute Gasteiger partial charge is 0.423 e. The first-order valence-corrected chi connectivity index (χ1v) is 6.08. The smallest absolute Gasteiger partial charge is 0.381 e. The van der Waals surface area contributed by atoms with E-state index in [1.807, 2.05) is 7.05 Å². The Kier molecular flexibility index (Phi) is 3.85. The standard InChI is InChI=1S/C12H14F3N3O2/c1-17-5-4-9(7-17)16-8-2-3-11(18(19)20)10(6-8)12(13,14)15/h2-3,6,9,16H,4-5,7H2,1H3. The predicted molar refractivity (Wildman–Crippen MR) is 67.6 cm³/mol. The van der Waals surface area contributed by atoms with Crippen LogP contribution < -0.4 is 5.32 Å². The van der Waals surface area contributed by atoms with Gasteiger partial charge < -0.3 is 10.2 Å². The monoisotopic (exact) mass is 289 g/mol. The van der Waals surface area contributed by atoms with E-state index in [1.54, 1.807) is 0 Å². The molecule has 1 fully saturated rings. The Morgan fingerprint density at radius 2 is 2.15 bits per heavy atom. The van der Waals surface area contributed by atoms with Gasteiger partial charge in [0.05, 0.1) is 4.92 Å². The van der Waals surface area contributed by atoms with E-state index < -0.39 is 22.4 Å². The first-order valence-electron chi connectivity index (χ1n) is 6.08. The number of likely N-dealkylation sites (N-methyl/N-ethyl adjacent to an activating group) is 1. The maximum Gasteiger partial charge on any atom is 0.423 e. The lowest BCUT2D eigenvalue weighted by Gasteiger charge is -2.16. The Bertz CT molecular complexity index is 519. The molecule has 8 heteroatoms. The van der Waals surface area contributed by atoms with Gasteiger partial charge in [-0.15, -0.1) is 0 Å². The normalized spacial score (nSPS) is 20.1. The van der Waals surface area contributed by atoms with Gasteiger partial charge in [0, 0.05) is 24.3 Å². The van der Waals surface area contributed by atoms with E-state index in [0.29, 0.717) is 0 Å². The molecular formula is C12H14F3N3O2. The van der Waals surface area contributed by atoms with Crippen LogP contribution in [0.3, 0.4) is 0 Å². The van der Waals surface area contributed by atoms with Crippen molar-refractivity contribution in [2.75, 3.05) is 25.5 Å². The van der Waals surface area contributed by atoms with Gasteiger partial charge in [-0.1, -0.05) is 0 Å². The van der Waals surface area contributed by atoms with Crippen LogP contribution in [-0.4, -0.2) is 36.0 Å². The number of nitro groups is 1. The summed E-state index contributed by atoms with van der Waals surface area (Å²) in [5.74, 6) is 0. The average Bonchev–Trinajstić information content (AvgIpc) is 2.73. The molecule has 110 valence electrons. The van der Waals surface area contributed by atoms with Gasteiger partial charge in [0.1, 0.15) is 5.56 Å². The summed E-state index contributed by atoms with van der Waals surface area (Å²) in [5.41, 5.74) is -1.89. The minimum atomic E-state index is -4.74. The van der Waals surface area contributed by atoms with Crippen LogP contribution in [0, 0.1) is 10.1 Å². The lowest BCUT2D eigenvalue weighted by molar-refractivity contribution is -0.388. The van der Waals surface area contributed by atoms with Gasteiger partial charge in [-0.3, -0.25) is 10.1 Å². The lowest BCUT2D eigenvalue weighted by atomic mass is 10.1. The van der Waals surface area contributed by atoms with Crippen LogP contribution in [0.1, 0.15) is 12.0 Å². The van der Waals surface area contributed by atoms with E-state index in [4.69, 9.17) is 0 Å². The van der Waals surface area contributed by atoms with Crippen LogP contribution in [0.2, 0.25) is 0 Å². The first kappa shape index (κ1) is 14.6. The van der Waals surface area contributed by atoms with Crippen molar-refractivity contribution in [3.05, 3.63) is 33.9 Å². The van der Waals surface area contributed by atoms with Crippen molar-refractivity contribution in [3.8, 4) is 0 Å². The van der Waals surface area contributed by atoms with Crippen molar-refractivity contribution in [2.45, 2.75) is 18.6 Å². The van der Waals surface area contributed by atoms with Crippen molar-refractivity contribution >= 4 is 11.4 Å². The second kappa shape index (κ2) is 5.28. The van der Waals surface area contributed by atoms with Crippen LogP contribution in [0.25, 0.3) is 0 Å². The van der Waals surface area contributed by atoms with E-state index in [0.717, 1.165) is 31.6 Å². The summed E-state index contributed by atoms with van der Waals surface area (Å²) in [6.45, 7) is 1.61. The summed E-state index contributed by atoms with van der Waals surface area (Å²) >= 11 is 0. The number of nitrogens with zero attached hydrogens (tertiary/aromatic N) is 2. The number of alkyl halides is 3. The molecule has 1 aliphatic heterocycles. The van der Waals surface area contributed by atoms with Crippen molar-refractivity contribution in [1.82, 2.24) is 4.90 Å². The number of likely N-dealkylation sites (tertiary alicyclic amines) is 1. The highest BCUT2D eigenvalue weighted by Crippen LogP contribution is 2.37. The van der Waals surface area contributed by atoms with Gasteiger partial charge >= 0.3 is 6.18 Å². The molecular weight excluding hydrogens is 275 g/mol. The van der Waals surface area contributed by atoms with Crippen molar-refractivity contribution in [2.24, 2.45) is 0 Å². The predicted octanol–water partition coefficient (Wildman–Crippen LogP) is 2.73. The number of halogens is 3. The number of nitro benzene ring substituents is 1. The Morgan fingerprint density at radius 1 is 1.45 bits per heavy atom. The molecule has 1 atom stereocenters. The number of hydrogen-bond donors (Lipinski definition) is 1. The third-order valence-electron chi connectivity index (χ3n) is 3.26. The van der Waals surface area contributed by atoms with Gasteiger partial charge in [0.2, 0.25) is 0 Å². The summed E-state index contributed by atoms with van der Waals surface area (Å²) in [5, 5.41) is 13.6. The summed E-state index contributed by atoms with van der Waals surface area (Å²) in [7, 11) is 1.93. The van der Waals surface area contributed by atoms with Crippen molar-refractivity contribution < 1.29 is 18.1 Å². The average molecular weight is 289 g/mol. The molecule has 1 aliphatic rings. The molecule has 1 unspecified atom stereocenters. The van der Waals surface area contributed by atoms with Crippen LogP contribution in [0.4, 0.5) is 24.5 Å². The number of rotatable bonds is 3. The fourth-order valence-corrected chi connectivity index (χ4v) is 2.30. The van der Waals surface area contributed by atoms with Gasteiger partial charge in [-0.25, -0.2) is 0 Å². The first-order chi connectivity index (χ1) is 9.27. The molecule has 5 nitrogen and oxygen atoms in total. The highest BCUT2D eigenvalue weighted by atomic mass is 19.4. The molecule has 20 heavy (non-hydrogen) atoms. The summed E-state index contributed by atoms with van der Waals surface area (Å²) in [6.07, 6.45) is -3.92. The third kappa shape index (κ3) is 3.19. The van der Waals surface area contributed by atoms with Crippen molar-refractivity contribution in [1.29, 1.82) is 0 Å².